The Morgan fingerprint density at radius 2 is 1.86 bits per heavy atom. The number of allylic oxidation sites excluding steroid dienone is 1. The smallest absolute Gasteiger partial charge is 0.0377 e. The third-order valence-electron chi connectivity index (χ3n) is 5.50. The van der Waals surface area contributed by atoms with Gasteiger partial charge in [0, 0.05) is 11.5 Å². The quantitative estimate of drug-likeness (QED) is 0.752. The summed E-state index contributed by atoms with van der Waals surface area (Å²) >= 11 is 0. The number of hydrogen-bond acceptors (Lipinski definition) is 1. The van der Waals surface area contributed by atoms with E-state index in [0.717, 1.165) is 6.54 Å². The summed E-state index contributed by atoms with van der Waals surface area (Å²) in [4.78, 5) is 0. The highest BCUT2D eigenvalue weighted by atomic mass is 14.9. The Morgan fingerprint density at radius 3 is 2.52 bits per heavy atom. The van der Waals surface area contributed by atoms with Crippen LogP contribution in [-0.2, 0) is 5.41 Å². The predicted octanol–water partition coefficient (Wildman–Crippen LogP) is 4.98. The Bertz CT molecular complexity index is 470. The van der Waals surface area contributed by atoms with Crippen LogP contribution in [0.25, 0.3) is 0 Å². The van der Waals surface area contributed by atoms with Crippen LogP contribution in [0.15, 0.2) is 42.0 Å². The summed E-state index contributed by atoms with van der Waals surface area (Å²) in [6, 6.07) is 11.8. The zero-order valence-corrected chi connectivity index (χ0v) is 13.4. The molecule has 2 aliphatic carbocycles. The first kappa shape index (κ1) is 14.8. The molecule has 0 radical (unpaired) electrons. The lowest BCUT2D eigenvalue weighted by atomic mass is 9.58. The fourth-order valence-electron chi connectivity index (χ4n) is 4.26. The molecule has 21 heavy (non-hydrogen) atoms. The Labute approximate surface area is 129 Å². The van der Waals surface area contributed by atoms with E-state index in [-0.39, 0.29) is 0 Å². The lowest BCUT2D eigenvalue weighted by Gasteiger charge is -2.49. The van der Waals surface area contributed by atoms with Gasteiger partial charge in [-0.1, -0.05) is 61.7 Å². The van der Waals surface area contributed by atoms with E-state index in [2.05, 4.69) is 48.6 Å². The predicted molar refractivity (Wildman–Crippen MR) is 90.6 cm³/mol. The van der Waals surface area contributed by atoms with E-state index < -0.39 is 0 Å². The van der Waals surface area contributed by atoms with E-state index in [1.165, 1.54) is 51.4 Å². The highest BCUT2D eigenvalue weighted by molar-refractivity contribution is 5.35. The maximum Gasteiger partial charge on any atom is 0.0377 e. The van der Waals surface area contributed by atoms with Crippen LogP contribution < -0.4 is 5.32 Å². The Hall–Kier alpha value is -1.08. The molecule has 0 aromatic heterocycles. The van der Waals surface area contributed by atoms with Crippen LogP contribution in [0.1, 0.15) is 63.9 Å². The van der Waals surface area contributed by atoms with Gasteiger partial charge in [0.25, 0.3) is 0 Å². The Balaban J connectivity index is 1.92. The van der Waals surface area contributed by atoms with Crippen molar-refractivity contribution in [2.45, 2.75) is 69.7 Å². The fourth-order valence-corrected chi connectivity index (χ4v) is 4.26. The van der Waals surface area contributed by atoms with Crippen LogP contribution >= 0.6 is 0 Å². The number of benzene rings is 1. The first-order chi connectivity index (χ1) is 10.4. The molecule has 3 rings (SSSR count). The van der Waals surface area contributed by atoms with E-state index in [0.29, 0.717) is 11.5 Å². The molecule has 1 unspecified atom stereocenters. The van der Waals surface area contributed by atoms with Gasteiger partial charge in [0.15, 0.2) is 0 Å². The summed E-state index contributed by atoms with van der Waals surface area (Å²) in [7, 11) is 0. The molecule has 1 aromatic rings. The molecule has 0 bridgehead atoms. The van der Waals surface area contributed by atoms with Crippen molar-refractivity contribution in [1.29, 1.82) is 0 Å². The third-order valence-corrected chi connectivity index (χ3v) is 5.50. The first-order valence-electron chi connectivity index (χ1n) is 8.84. The molecule has 2 aliphatic rings. The van der Waals surface area contributed by atoms with Crippen molar-refractivity contribution < 1.29 is 0 Å². The number of hydrogen-bond donors (Lipinski definition) is 1. The minimum atomic E-state index is 0.355. The lowest BCUT2D eigenvalue weighted by Crippen LogP contribution is -2.53. The third kappa shape index (κ3) is 2.94. The maximum absolute atomic E-state index is 3.85. The van der Waals surface area contributed by atoms with Gasteiger partial charge >= 0.3 is 0 Å². The van der Waals surface area contributed by atoms with Gasteiger partial charge in [-0.05, 0) is 50.6 Å². The molecule has 0 heterocycles. The van der Waals surface area contributed by atoms with E-state index in [9.17, 15) is 0 Å². The molecule has 1 atom stereocenters. The molecule has 0 saturated heterocycles. The Morgan fingerprint density at radius 1 is 1.05 bits per heavy atom. The molecular formula is C20H29N. The van der Waals surface area contributed by atoms with Crippen LogP contribution in [0.4, 0.5) is 0 Å². The van der Waals surface area contributed by atoms with Crippen molar-refractivity contribution in [2.75, 3.05) is 6.54 Å². The van der Waals surface area contributed by atoms with Crippen molar-refractivity contribution in [3.05, 3.63) is 47.5 Å². The maximum atomic E-state index is 3.85. The first-order valence-corrected chi connectivity index (χ1v) is 8.84. The normalized spacial score (nSPS) is 22.8. The number of rotatable bonds is 5. The van der Waals surface area contributed by atoms with Gasteiger partial charge < -0.3 is 5.32 Å². The molecule has 0 spiro atoms. The van der Waals surface area contributed by atoms with Crippen molar-refractivity contribution in [3.8, 4) is 0 Å². The van der Waals surface area contributed by atoms with E-state index in [4.69, 9.17) is 0 Å². The zero-order valence-electron chi connectivity index (χ0n) is 13.4. The van der Waals surface area contributed by atoms with Crippen LogP contribution in [-0.4, -0.2) is 12.6 Å². The van der Waals surface area contributed by atoms with Gasteiger partial charge in [0.1, 0.15) is 0 Å². The van der Waals surface area contributed by atoms with E-state index >= 15 is 0 Å². The van der Waals surface area contributed by atoms with Crippen molar-refractivity contribution in [3.63, 3.8) is 0 Å². The molecule has 0 amide bonds. The van der Waals surface area contributed by atoms with Crippen LogP contribution in [0.2, 0.25) is 0 Å². The number of likely N-dealkylation sites (N-methyl/N-ethyl adjacent to an activating group) is 1. The van der Waals surface area contributed by atoms with Gasteiger partial charge in [0.05, 0.1) is 0 Å². The van der Waals surface area contributed by atoms with Crippen LogP contribution in [0.5, 0.6) is 0 Å². The Kier molecular flexibility index (Phi) is 4.80. The fraction of sp³-hybridized carbons (Fsp3) is 0.600. The number of nitrogens with one attached hydrogen (secondary N) is 1. The molecule has 1 heteroatoms. The standard InChI is InChI=1S/C20H29N/c1-2-21-19(17-11-6-3-4-7-12-17)20(15-10-16-20)18-13-8-5-9-14-18/h5,8-9,11,13-14,19,21H,2-4,6-7,10,12,15-16H2,1H3. The minimum absolute atomic E-state index is 0.355. The van der Waals surface area contributed by atoms with Crippen molar-refractivity contribution in [1.82, 2.24) is 5.32 Å². The average molecular weight is 283 g/mol. The molecule has 1 fully saturated rings. The summed E-state index contributed by atoms with van der Waals surface area (Å²) in [6.45, 7) is 3.32. The molecule has 1 N–H and O–H groups in total. The minimum Gasteiger partial charge on any atom is -0.310 e. The van der Waals surface area contributed by atoms with Gasteiger partial charge in [0.2, 0.25) is 0 Å². The highest BCUT2D eigenvalue weighted by Gasteiger charge is 2.46. The molecule has 114 valence electrons. The molecular weight excluding hydrogens is 254 g/mol. The lowest BCUT2D eigenvalue weighted by molar-refractivity contribution is 0.187. The largest absolute Gasteiger partial charge is 0.310 e. The summed E-state index contributed by atoms with van der Waals surface area (Å²) in [5.41, 5.74) is 3.60. The summed E-state index contributed by atoms with van der Waals surface area (Å²) in [6.07, 6.45) is 13.3. The molecule has 1 saturated carbocycles. The second kappa shape index (κ2) is 6.79. The van der Waals surface area contributed by atoms with Crippen molar-refractivity contribution >= 4 is 0 Å². The molecule has 1 aromatic carbocycles. The van der Waals surface area contributed by atoms with Crippen LogP contribution in [0, 0.1) is 0 Å². The molecule has 0 aliphatic heterocycles. The zero-order chi connectivity index (χ0) is 14.5. The summed E-state index contributed by atoms with van der Waals surface area (Å²) in [5.74, 6) is 0. The van der Waals surface area contributed by atoms with E-state index in [1.807, 2.05) is 0 Å². The van der Waals surface area contributed by atoms with E-state index in [1.54, 1.807) is 11.1 Å². The summed E-state index contributed by atoms with van der Waals surface area (Å²) in [5, 5.41) is 3.85. The van der Waals surface area contributed by atoms with Gasteiger partial charge in [-0.2, -0.15) is 0 Å². The highest BCUT2D eigenvalue weighted by Crippen LogP contribution is 2.49. The van der Waals surface area contributed by atoms with Crippen LogP contribution in [0.3, 0.4) is 0 Å². The second-order valence-corrected chi connectivity index (χ2v) is 6.74. The molecule has 1 nitrogen and oxygen atoms in total. The average Bonchev–Trinajstić information content (AvgIpc) is 2.75. The topological polar surface area (TPSA) is 12.0 Å². The van der Waals surface area contributed by atoms with Gasteiger partial charge in [-0.3, -0.25) is 0 Å². The second-order valence-electron chi connectivity index (χ2n) is 6.74. The van der Waals surface area contributed by atoms with Gasteiger partial charge in [-0.25, -0.2) is 0 Å². The monoisotopic (exact) mass is 283 g/mol. The van der Waals surface area contributed by atoms with Gasteiger partial charge in [-0.15, -0.1) is 0 Å². The SMILES string of the molecule is CCNC(C1=CCCCCC1)C1(c2ccccc2)CCC1. The van der Waals surface area contributed by atoms with Crippen molar-refractivity contribution in [2.24, 2.45) is 0 Å². The summed E-state index contributed by atoms with van der Waals surface area (Å²) < 4.78 is 0.